The lowest BCUT2D eigenvalue weighted by Gasteiger charge is -2.25. The van der Waals surface area contributed by atoms with Gasteiger partial charge in [0.2, 0.25) is 15.9 Å². The van der Waals surface area contributed by atoms with Crippen LogP contribution in [0.5, 0.6) is 11.5 Å². The van der Waals surface area contributed by atoms with E-state index >= 15 is 0 Å². The highest BCUT2D eigenvalue weighted by Crippen LogP contribution is 2.33. The molecular weight excluding hydrogens is 336 g/mol. The van der Waals surface area contributed by atoms with Crippen LogP contribution in [0.25, 0.3) is 0 Å². The van der Waals surface area contributed by atoms with Crippen LogP contribution in [-0.2, 0) is 19.6 Å². The number of hydrogen-bond acceptors (Lipinski definition) is 6. The number of carbonyl (C=O) groups excluding carboxylic acids is 1. The molecule has 0 fully saturated rings. The van der Waals surface area contributed by atoms with Crippen LogP contribution in [0.3, 0.4) is 0 Å². The zero-order chi connectivity index (χ0) is 18.3. The average molecular weight is 360 g/mol. The van der Waals surface area contributed by atoms with Crippen LogP contribution in [0.2, 0.25) is 0 Å². The summed E-state index contributed by atoms with van der Waals surface area (Å²) in [6.45, 7) is 1.71. The summed E-state index contributed by atoms with van der Waals surface area (Å²) in [5.74, 6) is 0.321. The predicted molar refractivity (Wildman–Crippen MR) is 91.2 cm³/mol. The summed E-state index contributed by atoms with van der Waals surface area (Å²) in [5, 5.41) is 2.68. The topological polar surface area (TPSA) is 94.2 Å². The van der Waals surface area contributed by atoms with Crippen LogP contribution in [-0.4, -0.2) is 61.1 Å². The van der Waals surface area contributed by atoms with Crippen LogP contribution < -0.4 is 19.1 Å². The van der Waals surface area contributed by atoms with E-state index in [0.29, 0.717) is 18.1 Å². The Labute approximate surface area is 142 Å². The molecule has 0 spiro atoms. The fourth-order valence-electron chi connectivity index (χ4n) is 2.12. The molecule has 0 saturated carbocycles. The molecule has 0 aliphatic carbocycles. The lowest BCUT2D eigenvalue weighted by molar-refractivity contribution is -0.120. The second-order valence-corrected chi connectivity index (χ2v) is 7.14. The Balaban J connectivity index is 3.13. The molecule has 0 heterocycles. The zero-order valence-corrected chi connectivity index (χ0v) is 15.3. The van der Waals surface area contributed by atoms with Gasteiger partial charge >= 0.3 is 0 Å². The third kappa shape index (κ3) is 5.57. The molecule has 0 radical (unpaired) electrons. The van der Waals surface area contributed by atoms with Gasteiger partial charge in [-0.1, -0.05) is 0 Å². The van der Waals surface area contributed by atoms with Crippen molar-refractivity contribution < 1.29 is 27.4 Å². The van der Waals surface area contributed by atoms with Gasteiger partial charge in [0.15, 0.2) is 0 Å². The van der Waals surface area contributed by atoms with Crippen molar-refractivity contribution in [3.63, 3.8) is 0 Å². The summed E-state index contributed by atoms with van der Waals surface area (Å²) in [4.78, 5) is 12.2. The second kappa shape index (κ2) is 8.74. The van der Waals surface area contributed by atoms with E-state index in [9.17, 15) is 13.2 Å². The molecule has 136 valence electrons. The number of methoxy groups -OCH3 is 3. The minimum absolute atomic E-state index is 0.230. The molecule has 8 nitrogen and oxygen atoms in total. The van der Waals surface area contributed by atoms with Crippen molar-refractivity contribution in [3.05, 3.63) is 18.2 Å². The molecule has 0 aromatic heterocycles. The molecule has 0 unspecified atom stereocenters. The maximum absolute atomic E-state index is 12.2. The summed E-state index contributed by atoms with van der Waals surface area (Å²) in [6.07, 6.45) is 1.03. The maximum Gasteiger partial charge on any atom is 0.241 e. The van der Waals surface area contributed by atoms with E-state index < -0.39 is 15.9 Å². The lowest BCUT2D eigenvalue weighted by Crippen LogP contribution is -2.44. The minimum atomic E-state index is -3.71. The molecule has 1 atom stereocenters. The minimum Gasteiger partial charge on any atom is -0.497 e. The number of amides is 1. The number of ether oxygens (including phenoxy) is 3. The summed E-state index contributed by atoms with van der Waals surface area (Å²) >= 11 is 0. The van der Waals surface area contributed by atoms with Gasteiger partial charge in [0.05, 0.1) is 32.8 Å². The van der Waals surface area contributed by atoms with E-state index in [4.69, 9.17) is 14.2 Å². The van der Waals surface area contributed by atoms with Crippen molar-refractivity contribution in [2.24, 2.45) is 0 Å². The standard InChI is InChI=1S/C15H24N2O6S/c1-11(10-21-2)16-15(18)9-17(24(5,19)20)13-8-12(22-3)6-7-14(13)23-4/h6-8,11H,9-10H2,1-5H3,(H,16,18)/t11-/m1/s1. The molecule has 1 aromatic rings. The smallest absolute Gasteiger partial charge is 0.241 e. The van der Waals surface area contributed by atoms with E-state index in [0.717, 1.165) is 10.6 Å². The number of benzene rings is 1. The number of nitrogens with zero attached hydrogens (tertiary/aromatic N) is 1. The number of anilines is 1. The van der Waals surface area contributed by atoms with Crippen LogP contribution in [0.4, 0.5) is 5.69 Å². The van der Waals surface area contributed by atoms with Gasteiger partial charge < -0.3 is 19.5 Å². The van der Waals surface area contributed by atoms with Gasteiger partial charge in [0, 0.05) is 19.2 Å². The van der Waals surface area contributed by atoms with Gasteiger partial charge in [0.1, 0.15) is 18.0 Å². The van der Waals surface area contributed by atoms with Gasteiger partial charge in [-0.2, -0.15) is 0 Å². The van der Waals surface area contributed by atoms with E-state index in [1.54, 1.807) is 19.1 Å². The number of sulfonamides is 1. The Bertz CT molecular complexity index is 662. The zero-order valence-electron chi connectivity index (χ0n) is 14.5. The summed E-state index contributed by atoms with van der Waals surface area (Å²) in [7, 11) is 0.698. The Kier molecular flexibility index (Phi) is 7.30. The summed E-state index contributed by atoms with van der Waals surface area (Å²) in [6, 6.07) is 4.49. The average Bonchev–Trinajstić information content (AvgIpc) is 2.51. The molecule has 0 aliphatic rings. The van der Waals surface area contributed by atoms with E-state index in [1.807, 2.05) is 0 Å². The van der Waals surface area contributed by atoms with Gasteiger partial charge in [0.25, 0.3) is 0 Å². The molecule has 9 heteroatoms. The molecule has 1 N–H and O–H groups in total. The van der Waals surface area contributed by atoms with Crippen molar-refractivity contribution in [3.8, 4) is 11.5 Å². The quantitative estimate of drug-likeness (QED) is 0.694. The van der Waals surface area contributed by atoms with Crippen LogP contribution in [0.15, 0.2) is 18.2 Å². The molecule has 24 heavy (non-hydrogen) atoms. The van der Waals surface area contributed by atoms with E-state index in [1.165, 1.54) is 27.4 Å². The van der Waals surface area contributed by atoms with Gasteiger partial charge in [-0.05, 0) is 19.1 Å². The van der Waals surface area contributed by atoms with Crippen LogP contribution in [0.1, 0.15) is 6.92 Å². The number of hydrogen-bond donors (Lipinski definition) is 1. The Morgan fingerprint density at radius 2 is 1.92 bits per heavy atom. The van der Waals surface area contributed by atoms with Crippen molar-refractivity contribution in [1.29, 1.82) is 0 Å². The first-order valence-corrected chi connectivity index (χ1v) is 9.05. The fraction of sp³-hybridized carbons (Fsp3) is 0.533. The molecule has 0 bridgehead atoms. The van der Waals surface area contributed by atoms with Crippen molar-refractivity contribution in [1.82, 2.24) is 5.32 Å². The third-order valence-electron chi connectivity index (χ3n) is 3.17. The highest BCUT2D eigenvalue weighted by Gasteiger charge is 2.25. The maximum atomic E-state index is 12.2. The lowest BCUT2D eigenvalue weighted by atomic mass is 10.2. The number of rotatable bonds is 9. The van der Waals surface area contributed by atoms with Crippen molar-refractivity contribution >= 4 is 21.6 Å². The SMILES string of the molecule is COC[C@@H](C)NC(=O)CN(c1cc(OC)ccc1OC)S(C)(=O)=O. The van der Waals surface area contributed by atoms with Crippen molar-refractivity contribution in [2.45, 2.75) is 13.0 Å². The van der Waals surface area contributed by atoms with Crippen LogP contribution in [0, 0.1) is 0 Å². The van der Waals surface area contributed by atoms with Gasteiger partial charge in [-0.15, -0.1) is 0 Å². The molecule has 0 saturated heterocycles. The molecule has 1 rings (SSSR count). The Morgan fingerprint density at radius 1 is 1.25 bits per heavy atom. The van der Waals surface area contributed by atoms with Crippen LogP contribution >= 0.6 is 0 Å². The first-order valence-electron chi connectivity index (χ1n) is 7.21. The highest BCUT2D eigenvalue weighted by molar-refractivity contribution is 7.92. The summed E-state index contributed by atoms with van der Waals surface area (Å²) < 4.78 is 40.6. The fourth-order valence-corrected chi connectivity index (χ4v) is 2.97. The van der Waals surface area contributed by atoms with Gasteiger partial charge in [-0.25, -0.2) is 8.42 Å². The monoisotopic (exact) mass is 360 g/mol. The normalized spacial score (nSPS) is 12.4. The molecule has 1 amide bonds. The molecular formula is C15H24N2O6S. The number of nitrogens with one attached hydrogen (secondary N) is 1. The number of carbonyl (C=O) groups is 1. The molecule has 1 aromatic carbocycles. The third-order valence-corrected chi connectivity index (χ3v) is 4.29. The first-order chi connectivity index (χ1) is 11.2. The predicted octanol–water partition coefficient (Wildman–Crippen LogP) is 0.621. The highest BCUT2D eigenvalue weighted by atomic mass is 32.2. The Hall–Kier alpha value is -2.00. The van der Waals surface area contributed by atoms with E-state index in [-0.39, 0.29) is 18.3 Å². The van der Waals surface area contributed by atoms with Gasteiger partial charge in [-0.3, -0.25) is 9.10 Å². The largest absolute Gasteiger partial charge is 0.497 e. The second-order valence-electron chi connectivity index (χ2n) is 5.23. The first kappa shape index (κ1) is 20.0. The van der Waals surface area contributed by atoms with E-state index in [2.05, 4.69) is 5.32 Å². The van der Waals surface area contributed by atoms with Crippen molar-refractivity contribution in [2.75, 3.05) is 45.0 Å². The Morgan fingerprint density at radius 3 is 2.42 bits per heavy atom. The molecule has 0 aliphatic heterocycles. The summed E-state index contributed by atoms with van der Waals surface area (Å²) in [5.41, 5.74) is 0.230.